The molecule has 0 aliphatic carbocycles. The van der Waals surface area contributed by atoms with Crippen LogP contribution in [0.5, 0.6) is 11.5 Å². The van der Waals surface area contributed by atoms with Crippen molar-refractivity contribution in [3.05, 3.63) is 54.1 Å². The largest absolute Gasteiger partial charge is 0.497 e. The van der Waals surface area contributed by atoms with Gasteiger partial charge in [-0.05, 0) is 42.0 Å². The van der Waals surface area contributed by atoms with E-state index in [0.29, 0.717) is 0 Å². The van der Waals surface area contributed by atoms with Crippen LogP contribution in [0.25, 0.3) is 0 Å². The minimum absolute atomic E-state index is 0.0518. The number of hydrogen-bond donors (Lipinski definition) is 1. The van der Waals surface area contributed by atoms with Gasteiger partial charge in [-0.1, -0.05) is 12.1 Å². The van der Waals surface area contributed by atoms with Crippen LogP contribution in [0.1, 0.15) is 12.5 Å². The van der Waals surface area contributed by atoms with E-state index in [4.69, 9.17) is 9.47 Å². The van der Waals surface area contributed by atoms with Gasteiger partial charge in [-0.25, -0.2) is 0 Å². The molecule has 0 radical (unpaired) electrons. The molecule has 5 nitrogen and oxygen atoms in total. The number of rotatable bonds is 6. The molecule has 0 unspecified atom stereocenters. The van der Waals surface area contributed by atoms with Crippen molar-refractivity contribution in [2.75, 3.05) is 25.5 Å². The van der Waals surface area contributed by atoms with Gasteiger partial charge in [0.2, 0.25) is 5.91 Å². The zero-order valence-corrected chi connectivity index (χ0v) is 14.0. The Balaban J connectivity index is 1.44. The Morgan fingerprint density at radius 2 is 1.71 bits per heavy atom. The number of anilines is 1. The highest BCUT2D eigenvalue weighted by Crippen LogP contribution is 2.22. The molecular weight excluding hydrogens is 304 g/mol. The Bertz CT molecular complexity index is 677. The maximum absolute atomic E-state index is 11.0. The van der Waals surface area contributed by atoms with Gasteiger partial charge in [0.05, 0.1) is 7.11 Å². The number of nitrogens with zero attached hydrogens (tertiary/aromatic N) is 1. The number of amides is 1. The van der Waals surface area contributed by atoms with E-state index in [2.05, 4.69) is 10.2 Å². The van der Waals surface area contributed by atoms with Gasteiger partial charge in [0.15, 0.2) is 0 Å². The van der Waals surface area contributed by atoms with Crippen molar-refractivity contribution in [1.29, 1.82) is 0 Å². The smallest absolute Gasteiger partial charge is 0.221 e. The van der Waals surface area contributed by atoms with Crippen LogP contribution in [0.2, 0.25) is 0 Å². The highest BCUT2D eigenvalue weighted by Gasteiger charge is 2.28. The monoisotopic (exact) mass is 326 g/mol. The maximum Gasteiger partial charge on any atom is 0.221 e. The minimum atomic E-state index is -0.0518. The molecule has 1 aliphatic rings. The number of nitrogens with one attached hydrogen (secondary N) is 1. The summed E-state index contributed by atoms with van der Waals surface area (Å²) < 4.78 is 11.1. The molecule has 1 heterocycles. The summed E-state index contributed by atoms with van der Waals surface area (Å²) in [5.41, 5.74) is 2.06. The zero-order chi connectivity index (χ0) is 16.9. The first-order valence-corrected chi connectivity index (χ1v) is 8.02. The average molecular weight is 326 g/mol. The summed E-state index contributed by atoms with van der Waals surface area (Å²) in [5, 5.41) is 2.77. The number of methoxy groups -OCH3 is 1. The molecule has 3 rings (SSSR count). The van der Waals surface area contributed by atoms with Gasteiger partial charge in [-0.3, -0.25) is 9.69 Å². The summed E-state index contributed by atoms with van der Waals surface area (Å²) in [6.45, 7) is 4.23. The van der Waals surface area contributed by atoms with Crippen LogP contribution in [0, 0.1) is 0 Å². The molecule has 0 saturated carbocycles. The Kier molecular flexibility index (Phi) is 5.01. The quantitative estimate of drug-likeness (QED) is 0.887. The lowest BCUT2D eigenvalue weighted by molar-refractivity contribution is -0.114. The Morgan fingerprint density at radius 3 is 2.29 bits per heavy atom. The molecule has 0 spiro atoms. The van der Waals surface area contributed by atoms with Crippen LogP contribution in [0.15, 0.2) is 48.5 Å². The average Bonchev–Trinajstić information content (AvgIpc) is 2.54. The summed E-state index contributed by atoms with van der Waals surface area (Å²) in [6, 6.07) is 15.6. The molecule has 126 valence electrons. The molecular formula is C19H22N2O3. The van der Waals surface area contributed by atoms with Crippen molar-refractivity contribution in [2.24, 2.45) is 0 Å². The first kappa shape index (κ1) is 16.3. The van der Waals surface area contributed by atoms with Crippen molar-refractivity contribution < 1.29 is 14.3 Å². The summed E-state index contributed by atoms with van der Waals surface area (Å²) in [4.78, 5) is 13.3. The van der Waals surface area contributed by atoms with Gasteiger partial charge >= 0.3 is 0 Å². The van der Waals surface area contributed by atoms with Gasteiger partial charge in [0.25, 0.3) is 0 Å². The Labute approximate surface area is 142 Å². The predicted octanol–water partition coefficient (Wildman–Crippen LogP) is 2.92. The van der Waals surface area contributed by atoms with Gasteiger partial charge in [-0.2, -0.15) is 0 Å². The standard InChI is InChI=1S/C19H22N2O3/c1-14(22)20-16-5-3-15(4-6-16)11-21-12-19(13-21)24-18-9-7-17(23-2)8-10-18/h3-10,19H,11-13H2,1-2H3,(H,20,22). The number of carbonyl (C=O) groups is 1. The third kappa shape index (κ3) is 4.26. The normalized spacial score (nSPS) is 14.8. The first-order valence-electron chi connectivity index (χ1n) is 8.02. The van der Waals surface area contributed by atoms with Crippen LogP contribution in [-0.2, 0) is 11.3 Å². The lowest BCUT2D eigenvalue weighted by Crippen LogP contribution is -2.53. The van der Waals surface area contributed by atoms with Gasteiger partial charge in [0.1, 0.15) is 17.6 Å². The molecule has 1 fully saturated rings. The molecule has 1 aliphatic heterocycles. The number of hydrogen-bond acceptors (Lipinski definition) is 4. The van der Waals surface area contributed by atoms with Crippen molar-refractivity contribution in [3.8, 4) is 11.5 Å². The first-order chi connectivity index (χ1) is 11.6. The maximum atomic E-state index is 11.0. The summed E-state index contributed by atoms with van der Waals surface area (Å²) in [6.07, 6.45) is 0.233. The minimum Gasteiger partial charge on any atom is -0.497 e. The van der Waals surface area contributed by atoms with Crippen LogP contribution in [0.4, 0.5) is 5.69 Å². The number of carbonyl (C=O) groups excluding carboxylic acids is 1. The summed E-state index contributed by atoms with van der Waals surface area (Å²) in [7, 11) is 1.66. The van der Waals surface area contributed by atoms with Gasteiger partial charge in [-0.15, -0.1) is 0 Å². The van der Waals surface area contributed by atoms with E-state index in [9.17, 15) is 4.79 Å². The van der Waals surface area contributed by atoms with Gasteiger partial charge < -0.3 is 14.8 Å². The van der Waals surface area contributed by atoms with Crippen molar-refractivity contribution in [2.45, 2.75) is 19.6 Å². The summed E-state index contributed by atoms with van der Waals surface area (Å²) >= 11 is 0. The predicted molar refractivity (Wildman–Crippen MR) is 93.4 cm³/mol. The molecule has 0 bridgehead atoms. The fraction of sp³-hybridized carbons (Fsp3) is 0.316. The third-order valence-electron chi connectivity index (χ3n) is 3.97. The lowest BCUT2D eigenvalue weighted by atomic mass is 10.1. The highest BCUT2D eigenvalue weighted by atomic mass is 16.5. The summed E-state index contributed by atoms with van der Waals surface area (Å²) in [5.74, 6) is 1.66. The topological polar surface area (TPSA) is 50.8 Å². The van der Waals surface area contributed by atoms with Crippen molar-refractivity contribution in [1.82, 2.24) is 4.90 Å². The fourth-order valence-electron chi connectivity index (χ4n) is 2.73. The molecule has 1 amide bonds. The zero-order valence-electron chi connectivity index (χ0n) is 14.0. The van der Waals surface area contributed by atoms with E-state index in [-0.39, 0.29) is 12.0 Å². The van der Waals surface area contributed by atoms with E-state index in [1.54, 1.807) is 7.11 Å². The molecule has 0 aromatic heterocycles. The van der Waals surface area contributed by atoms with E-state index < -0.39 is 0 Å². The second kappa shape index (κ2) is 7.36. The SMILES string of the molecule is COc1ccc(OC2CN(Cc3ccc(NC(C)=O)cc3)C2)cc1. The Hall–Kier alpha value is -2.53. The van der Waals surface area contributed by atoms with Crippen LogP contribution in [-0.4, -0.2) is 37.1 Å². The van der Waals surface area contributed by atoms with Crippen molar-refractivity contribution in [3.63, 3.8) is 0 Å². The fourth-order valence-corrected chi connectivity index (χ4v) is 2.73. The number of likely N-dealkylation sites (tertiary alicyclic amines) is 1. The Morgan fingerprint density at radius 1 is 1.08 bits per heavy atom. The van der Waals surface area contributed by atoms with Crippen LogP contribution >= 0.6 is 0 Å². The van der Waals surface area contributed by atoms with E-state index in [1.165, 1.54) is 12.5 Å². The molecule has 5 heteroatoms. The second-order valence-electron chi connectivity index (χ2n) is 5.99. The van der Waals surface area contributed by atoms with E-state index in [0.717, 1.165) is 36.8 Å². The van der Waals surface area contributed by atoms with Gasteiger partial charge in [0, 0.05) is 32.2 Å². The van der Waals surface area contributed by atoms with Crippen LogP contribution in [0.3, 0.4) is 0 Å². The highest BCUT2D eigenvalue weighted by molar-refractivity contribution is 5.88. The third-order valence-corrected chi connectivity index (χ3v) is 3.97. The van der Waals surface area contributed by atoms with Crippen molar-refractivity contribution >= 4 is 11.6 Å². The molecule has 24 heavy (non-hydrogen) atoms. The molecule has 2 aromatic carbocycles. The number of benzene rings is 2. The van der Waals surface area contributed by atoms with E-state index in [1.807, 2.05) is 48.5 Å². The van der Waals surface area contributed by atoms with Crippen LogP contribution < -0.4 is 14.8 Å². The molecule has 1 saturated heterocycles. The molecule has 1 N–H and O–H groups in total. The molecule has 2 aromatic rings. The van der Waals surface area contributed by atoms with E-state index >= 15 is 0 Å². The molecule has 0 atom stereocenters. The second-order valence-corrected chi connectivity index (χ2v) is 5.99. The number of ether oxygens (including phenoxy) is 2. The lowest BCUT2D eigenvalue weighted by Gasteiger charge is -2.39.